The number of benzene rings is 1. The number of unbranched alkanes of at least 4 members (excludes halogenated alkanes) is 2. The molecule has 4 aromatic rings. The van der Waals surface area contributed by atoms with Crippen LogP contribution in [0.5, 0.6) is 11.5 Å². The van der Waals surface area contributed by atoms with Crippen LogP contribution in [0.25, 0.3) is 22.5 Å². The first-order valence-electron chi connectivity index (χ1n) is 11.4. The highest BCUT2D eigenvalue weighted by atomic mass is 32.2. The summed E-state index contributed by atoms with van der Waals surface area (Å²) in [6.07, 6.45) is 0.998. The normalized spacial score (nSPS) is 13.1. The Balaban J connectivity index is 1.52. The van der Waals surface area contributed by atoms with Gasteiger partial charge in [0.1, 0.15) is 17.3 Å². The van der Waals surface area contributed by atoms with E-state index >= 15 is 0 Å². The lowest BCUT2D eigenvalue weighted by Crippen LogP contribution is -2.16. The van der Waals surface area contributed by atoms with Crippen LogP contribution in [0.4, 0.5) is 10.2 Å². The van der Waals surface area contributed by atoms with Gasteiger partial charge in [0.2, 0.25) is 16.8 Å². The van der Waals surface area contributed by atoms with Crippen LogP contribution in [0, 0.1) is 13.0 Å². The van der Waals surface area contributed by atoms with Gasteiger partial charge < -0.3 is 24.2 Å². The highest BCUT2D eigenvalue weighted by molar-refractivity contribution is 7.89. The molecule has 4 N–H and O–H groups in total. The first-order chi connectivity index (χ1) is 17.2. The van der Waals surface area contributed by atoms with Gasteiger partial charge in [0, 0.05) is 18.5 Å². The summed E-state index contributed by atoms with van der Waals surface area (Å²) in [7, 11) is -3.52. The van der Waals surface area contributed by atoms with Crippen LogP contribution in [0.15, 0.2) is 28.7 Å². The van der Waals surface area contributed by atoms with E-state index in [1.54, 1.807) is 4.57 Å². The second-order valence-electron chi connectivity index (χ2n) is 8.61. The Kier molecular flexibility index (Phi) is 6.26. The van der Waals surface area contributed by atoms with E-state index in [9.17, 15) is 12.8 Å². The van der Waals surface area contributed by atoms with Crippen LogP contribution in [0.3, 0.4) is 0 Å². The summed E-state index contributed by atoms with van der Waals surface area (Å²) in [5, 5.41) is 5.09. The van der Waals surface area contributed by atoms with Gasteiger partial charge in [-0.2, -0.15) is 14.4 Å². The Hall–Kier alpha value is -3.71. The van der Waals surface area contributed by atoms with Gasteiger partial charge >= 0.3 is 6.08 Å². The average Bonchev–Trinajstić information content (AvgIpc) is 3.51. The van der Waals surface area contributed by atoms with Crippen molar-refractivity contribution in [2.45, 2.75) is 39.2 Å². The Morgan fingerprint density at radius 1 is 1.08 bits per heavy atom. The van der Waals surface area contributed by atoms with Crippen LogP contribution >= 0.6 is 0 Å². The number of fused-ring (bicyclic) bond motifs is 2. The molecule has 0 saturated heterocycles. The van der Waals surface area contributed by atoms with Crippen molar-refractivity contribution in [1.82, 2.24) is 19.5 Å². The van der Waals surface area contributed by atoms with Crippen molar-refractivity contribution in [2.75, 3.05) is 18.3 Å². The molecule has 0 spiro atoms. The largest absolute Gasteiger partial charge is 0.461 e. The van der Waals surface area contributed by atoms with Gasteiger partial charge in [-0.25, -0.2) is 18.5 Å². The first kappa shape index (κ1) is 24.0. The number of furan rings is 1. The number of ether oxygens (including phenoxy) is 2. The van der Waals surface area contributed by atoms with Crippen LogP contribution in [-0.2, 0) is 23.0 Å². The second kappa shape index (κ2) is 9.39. The molecule has 36 heavy (non-hydrogen) atoms. The molecule has 5 rings (SSSR count). The van der Waals surface area contributed by atoms with Crippen molar-refractivity contribution in [3.05, 3.63) is 47.5 Å². The van der Waals surface area contributed by atoms with Gasteiger partial charge in [-0.1, -0.05) is 6.42 Å². The number of rotatable bonds is 9. The van der Waals surface area contributed by atoms with Gasteiger partial charge in [-0.05, 0) is 49.6 Å². The number of nitrogens with two attached hydrogens (primary N) is 2. The molecule has 0 saturated carbocycles. The molecule has 190 valence electrons. The predicted molar refractivity (Wildman–Crippen MR) is 129 cm³/mol. The molecule has 0 radical (unpaired) electrons. The Morgan fingerprint density at radius 2 is 1.86 bits per heavy atom. The summed E-state index contributed by atoms with van der Waals surface area (Å²) < 4.78 is 55.3. The summed E-state index contributed by atoms with van der Waals surface area (Å²) >= 11 is 0. The van der Waals surface area contributed by atoms with E-state index in [4.69, 9.17) is 24.8 Å². The number of halogens is 1. The first-order valence-corrected chi connectivity index (χ1v) is 13.1. The maximum Gasteiger partial charge on any atom is 0.312 e. The Morgan fingerprint density at radius 3 is 2.58 bits per heavy atom. The number of nitrogens with zero attached hydrogens (tertiary/aromatic N) is 4. The average molecular weight is 517 g/mol. The van der Waals surface area contributed by atoms with E-state index in [1.165, 1.54) is 0 Å². The minimum absolute atomic E-state index is 0.0562. The van der Waals surface area contributed by atoms with E-state index in [1.807, 2.05) is 31.2 Å². The topological polar surface area (TPSA) is 161 Å². The molecule has 0 fully saturated rings. The molecule has 3 aromatic heterocycles. The van der Waals surface area contributed by atoms with Gasteiger partial charge in [0.25, 0.3) is 0 Å². The molecule has 0 unspecified atom stereocenters. The van der Waals surface area contributed by atoms with Gasteiger partial charge in [0.05, 0.1) is 5.75 Å². The third-order valence-electron chi connectivity index (χ3n) is 5.94. The minimum Gasteiger partial charge on any atom is -0.461 e. The number of nitrogen functional groups attached to an aromatic ring is 1. The quantitative estimate of drug-likeness (QED) is 0.252. The number of aryl methyl sites for hydroxylation is 2. The summed E-state index contributed by atoms with van der Waals surface area (Å²) in [4.78, 5) is 12.2. The van der Waals surface area contributed by atoms with Crippen molar-refractivity contribution in [2.24, 2.45) is 5.14 Å². The van der Waals surface area contributed by atoms with Crippen molar-refractivity contribution in [3.63, 3.8) is 0 Å². The Bertz CT molecular complexity index is 1550. The van der Waals surface area contributed by atoms with Gasteiger partial charge in [-0.15, -0.1) is 0 Å². The number of sulfonamides is 1. The fraction of sp³-hybridized carbons (Fsp3) is 0.348. The number of primary sulfonamides is 1. The van der Waals surface area contributed by atoms with E-state index in [0.717, 1.165) is 16.9 Å². The monoisotopic (exact) mass is 516 g/mol. The number of aromatic nitrogens is 4. The molecule has 13 heteroatoms. The lowest BCUT2D eigenvalue weighted by molar-refractivity contribution is 0.174. The molecular formula is C23H25FN6O5S. The Labute approximate surface area is 206 Å². The van der Waals surface area contributed by atoms with Crippen molar-refractivity contribution in [3.8, 4) is 22.8 Å². The number of anilines is 1. The molecule has 4 heterocycles. The van der Waals surface area contributed by atoms with E-state index in [2.05, 4.69) is 15.0 Å². The summed E-state index contributed by atoms with van der Waals surface area (Å²) in [5.74, 6) is 3.08. The lowest BCUT2D eigenvalue weighted by Gasteiger charge is -2.12. The molecule has 0 bridgehead atoms. The lowest BCUT2D eigenvalue weighted by atomic mass is 10.0. The number of imidazole rings is 1. The molecule has 0 atom stereocenters. The predicted octanol–water partition coefficient (Wildman–Crippen LogP) is 2.89. The zero-order valence-corrected chi connectivity index (χ0v) is 20.3. The molecule has 1 aliphatic heterocycles. The minimum atomic E-state index is -3.52. The van der Waals surface area contributed by atoms with Gasteiger partial charge in [-0.3, -0.25) is 0 Å². The zero-order valence-electron chi connectivity index (χ0n) is 19.5. The summed E-state index contributed by atoms with van der Waals surface area (Å²) in [5.41, 5.74) is 8.19. The van der Waals surface area contributed by atoms with Crippen molar-refractivity contribution < 1.29 is 26.7 Å². The molecular weight excluding hydrogens is 491 g/mol. The fourth-order valence-corrected chi connectivity index (χ4v) is 4.88. The van der Waals surface area contributed by atoms with Crippen molar-refractivity contribution >= 4 is 27.0 Å². The van der Waals surface area contributed by atoms with E-state index in [-0.39, 0.29) is 24.0 Å². The fourth-order valence-electron chi connectivity index (χ4n) is 4.27. The molecule has 0 aliphatic carbocycles. The van der Waals surface area contributed by atoms with Crippen LogP contribution < -0.4 is 20.3 Å². The molecule has 1 aliphatic rings. The molecule has 1 aromatic carbocycles. The zero-order chi connectivity index (χ0) is 25.4. The van der Waals surface area contributed by atoms with Crippen LogP contribution in [0.2, 0.25) is 0 Å². The van der Waals surface area contributed by atoms with Crippen molar-refractivity contribution in [1.29, 1.82) is 0 Å². The maximum absolute atomic E-state index is 14.1. The SMILES string of the molecule is Cc1ccc(-c2cc3c(cc2Cc2nc4c(N)nc(F)nc4n2CCCCCS(N)(=O)=O)OCO3)o1. The van der Waals surface area contributed by atoms with E-state index < -0.39 is 16.1 Å². The summed E-state index contributed by atoms with van der Waals surface area (Å²) in [6, 6.07) is 7.49. The number of hydrogen-bond donors (Lipinski definition) is 2. The third-order valence-corrected chi connectivity index (χ3v) is 6.79. The maximum atomic E-state index is 14.1. The van der Waals surface area contributed by atoms with Gasteiger partial charge in [0.15, 0.2) is 28.5 Å². The highest BCUT2D eigenvalue weighted by Crippen LogP contribution is 2.40. The molecule has 0 amide bonds. The number of hydrogen-bond acceptors (Lipinski definition) is 9. The molecule has 11 nitrogen and oxygen atoms in total. The van der Waals surface area contributed by atoms with E-state index in [0.29, 0.717) is 60.8 Å². The highest BCUT2D eigenvalue weighted by Gasteiger charge is 2.23. The summed E-state index contributed by atoms with van der Waals surface area (Å²) in [6.45, 7) is 2.41. The van der Waals surface area contributed by atoms with Crippen LogP contribution in [-0.4, -0.2) is 40.5 Å². The van der Waals surface area contributed by atoms with Crippen LogP contribution in [0.1, 0.15) is 36.4 Å². The second-order valence-corrected chi connectivity index (χ2v) is 10.3. The smallest absolute Gasteiger partial charge is 0.312 e. The third kappa shape index (κ3) is 4.97. The standard InChI is InChI=1S/C23H25FN6O5S/c1-13-5-6-16(35-13)15-11-18-17(33-12-34-18)9-14(15)10-19-27-20-21(25)28-23(24)29-22(20)30(19)7-3-2-4-8-36(26,31)32/h5-6,9,11H,2-4,7-8,10,12H2,1H3,(H2,25,28,29)(H2,26,31,32).